The zero-order valence-corrected chi connectivity index (χ0v) is 42.9. The van der Waals surface area contributed by atoms with Crippen molar-refractivity contribution in [2.45, 2.75) is 233 Å². The van der Waals surface area contributed by atoms with E-state index in [2.05, 4.69) is 26.8 Å². The summed E-state index contributed by atoms with van der Waals surface area (Å²) in [4.78, 5) is 0. The van der Waals surface area contributed by atoms with Crippen molar-refractivity contribution in [3.63, 3.8) is 0 Å². The second kappa shape index (κ2) is 22.4. The smallest absolute Gasteiger partial charge is 0.187 e. The van der Waals surface area contributed by atoms with Gasteiger partial charge in [-0.25, -0.2) is 0 Å². The molecule has 0 aromatic rings. The summed E-state index contributed by atoms with van der Waals surface area (Å²) >= 11 is 0. The van der Waals surface area contributed by atoms with E-state index in [4.69, 9.17) is 42.6 Å². The zero-order chi connectivity index (χ0) is 53.5. The first-order chi connectivity index (χ1) is 35.0. The molecular weight excluding hydrogens is 981 g/mol. The van der Waals surface area contributed by atoms with E-state index in [9.17, 15) is 71.5 Å². The molecule has 8 fully saturated rings. The number of hydrogen-bond donors (Lipinski definition) is 14. The summed E-state index contributed by atoms with van der Waals surface area (Å²) in [5.74, 6) is -0.167. The van der Waals surface area contributed by atoms with Gasteiger partial charge in [0.2, 0.25) is 0 Å². The lowest BCUT2D eigenvalue weighted by Gasteiger charge is -2.58. The van der Waals surface area contributed by atoms with Crippen molar-refractivity contribution < 1.29 is 114 Å². The molecule has 23 nitrogen and oxygen atoms in total. The average Bonchev–Trinajstić information content (AvgIpc) is 3.83. The van der Waals surface area contributed by atoms with Gasteiger partial charge in [0.1, 0.15) is 91.6 Å². The molecular formula is C51H84O23. The highest BCUT2D eigenvalue weighted by atomic mass is 16.8. The summed E-state index contributed by atoms with van der Waals surface area (Å²) in [5, 5.41) is 149. The molecule has 0 amide bonds. The quantitative estimate of drug-likeness (QED) is 0.0727. The molecule has 31 atom stereocenters. The van der Waals surface area contributed by atoms with Crippen LogP contribution in [0.1, 0.15) is 92.4 Å². The van der Waals surface area contributed by atoms with Gasteiger partial charge in [-0.2, -0.15) is 0 Å². The maximum Gasteiger partial charge on any atom is 0.187 e. The number of ether oxygens (including phenoxy) is 9. The minimum absolute atomic E-state index is 0.0482. The molecule has 14 N–H and O–H groups in total. The number of allylic oxidation sites excluding steroid dienone is 1. The summed E-state index contributed by atoms with van der Waals surface area (Å²) in [6.45, 7) is 8.32. The van der Waals surface area contributed by atoms with Crippen molar-refractivity contribution in [2.24, 2.45) is 46.3 Å². The lowest BCUT2D eigenvalue weighted by molar-refractivity contribution is -0.388. The molecule has 0 spiro atoms. The number of fused-ring (bicyclic) bond motifs is 7. The Morgan fingerprint density at radius 3 is 1.91 bits per heavy atom. The molecule has 9 rings (SSSR count). The van der Waals surface area contributed by atoms with Crippen LogP contribution in [0.25, 0.3) is 0 Å². The van der Waals surface area contributed by atoms with E-state index < -0.39 is 155 Å². The van der Waals surface area contributed by atoms with Crippen molar-refractivity contribution in [1.29, 1.82) is 0 Å². The topological polar surface area (TPSA) is 366 Å². The van der Waals surface area contributed by atoms with E-state index in [1.54, 1.807) is 0 Å². The van der Waals surface area contributed by atoms with Gasteiger partial charge >= 0.3 is 0 Å². The first-order valence-electron chi connectivity index (χ1n) is 26.9. The third-order valence-corrected chi connectivity index (χ3v) is 19.5. The zero-order valence-electron chi connectivity index (χ0n) is 42.9. The molecule has 5 heterocycles. The molecule has 426 valence electrons. The molecule has 5 saturated heterocycles. The van der Waals surface area contributed by atoms with Crippen molar-refractivity contribution in [3.05, 3.63) is 11.6 Å². The molecule has 3 saturated carbocycles. The number of hydrogen-bond acceptors (Lipinski definition) is 23. The molecule has 74 heavy (non-hydrogen) atoms. The Morgan fingerprint density at radius 1 is 0.635 bits per heavy atom. The Bertz CT molecular complexity index is 1920. The molecule has 2 unspecified atom stereocenters. The van der Waals surface area contributed by atoms with Gasteiger partial charge in [0.15, 0.2) is 30.9 Å². The fraction of sp³-hybridized carbons (Fsp3) is 0.961. The predicted molar refractivity (Wildman–Crippen MR) is 250 cm³/mol. The Kier molecular flexibility index (Phi) is 17.4. The largest absolute Gasteiger partial charge is 0.394 e. The van der Waals surface area contributed by atoms with Crippen LogP contribution in [0.4, 0.5) is 0 Å². The van der Waals surface area contributed by atoms with Crippen LogP contribution in [0, 0.1) is 46.3 Å². The minimum Gasteiger partial charge on any atom is -0.394 e. The normalized spacial score (nSPS) is 54.9. The van der Waals surface area contributed by atoms with E-state index in [1.165, 1.54) is 12.5 Å². The van der Waals surface area contributed by atoms with Gasteiger partial charge in [-0.05, 0) is 98.7 Å². The number of aliphatic hydroxyl groups excluding tert-OH is 13. The highest BCUT2D eigenvalue weighted by Crippen LogP contribution is 2.70. The van der Waals surface area contributed by atoms with Gasteiger partial charge in [-0.3, -0.25) is 0 Å². The SMILES string of the molecule is CC(CCC1(O)O[C@H]2C[C@H]3[C@@H]4CC=C5C[C@@H](O[C@@H]6O[C@H](CO)[C@@H](O[C@@H]7O[C@H](CO)[C@@H](O)[C@H](O)[C@H]7O[C@@H]7O[C@@H](C)[C@H](O)[C@@H](O)[C@H]7O)[C@H](O)[C@H]6O)CC[C@]5(C)[C@H]4CC[C@]3(C)[C@H]2[C@@H]1C)CO[C@@H]1O[C@H](CO)[C@@H](O)[C@H](O)[C@H]1O. The highest BCUT2D eigenvalue weighted by Gasteiger charge is 2.68. The van der Waals surface area contributed by atoms with Gasteiger partial charge in [-0.15, -0.1) is 0 Å². The van der Waals surface area contributed by atoms with E-state index in [1.807, 2.05) is 6.92 Å². The van der Waals surface area contributed by atoms with Crippen LogP contribution in [-0.2, 0) is 42.6 Å². The van der Waals surface area contributed by atoms with E-state index in [0.29, 0.717) is 43.4 Å². The first-order valence-corrected chi connectivity index (χ1v) is 26.9. The summed E-state index contributed by atoms with van der Waals surface area (Å²) in [5.41, 5.74) is 1.11. The monoisotopic (exact) mass is 1060 g/mol. The second-order valence-corrected chi connectivity index (χ2v) is 23.8. The molecule has 0 radical (unpaired) electrons. The first kappa shape index (κ1) is 57.5. The molecule has 23 heteroatoms. The Balaban J connectivity index is 0.797. The molecule has 0 aromatic carbocycles. The second-order valence-electron chi connectivity index (χ2n) is 23.8. The molecule has 4 aliphatic carbocycles. The van der Waals surface area contributed by atoms with E-state index >= 15 is 0 Å². The van der Waals surface area contributed by atoms with Crippen LogP contribution in [-0.4, -0.2) is 239 Å². The third-order valence-electron chi connectivity index (χ3n) is 19.5. The maximum absolute atomic E-state index is 12.1. The van der Waals surface area contributed by atoms with Crippen LogP contribution in [0.5, 0.6) is 0 Å². The average molecular weight is 1070 g/mol. The summed E-state index contributed by atoms with van der Waals surface area (Å²) in [7, 11) is 0. The molecule has 0 aromatic heterocycles. The number of rotatable bonds is 15. The standard InChI is InChI=1S/C51H84O23/c1-20(19-66-45-40(62)37(59)34(56)29(16-52)69-45)8-13-51(65)21(2)32-28(74-51)15-27-25-7-6-23-14-24(9-11-49(23,4)26(25)10-12-50(27,32)5)68-47-42(64)39(61)43(31(18-54)71-47)72-48-44(38(60)35(57)30(17-53)70-48)73-46-41(63)36(58)33(55)22(3)67-46/h6,20-22,24-48,52-65H,7-19H2,1-5H3/t20?,21-,22-,24-,25+,26-,27-,28-,29+,30+,31+,32-,33-,34+,35+,36+,37-,38-,39+,40+,41+,42+,43+,44+,45+,46-,47+,48-,49-,50-,51?/m0/s1. The summed E-state index contributed by atoms with van der Waals surface area (Å²) in [6, 6.07) is 0. The van der Waals surface area contributed by atoms with Crippen molar-refractivity contribution in [2.75, 3.05) is 26.4 Å². The van der Waals surface area contributed by atoms with Crippen molar-refractivity contribution >= 4 is 0 Å². The van der Waals surface area contributed by atoms with Crippen LogP contribution in [0.2, 0.25) is 0 Å². The Labute approximate surface area is 430 Å². The fourth-order valence-electron chi connectivity index (χ4n) is 15.0. The minimum atomic E-state index is -1.84. The lowest BCUT2D eigenvalue weighted by Crippen LogP contribution is -2.66. The third kappa shape index (κ3) is 10.2. The van der Waals surface area contributed by atoms with Crippen molar-refractivity contribution in [1.82, 2.24) is 0 Å². The molecule has 5 aliphatic heterocycles. The van der Waals surface area contributed by atoms with Crippen LogP contribution in [0.15, 0.2) is 11.6 Å². The van der Waals surface area contributed by atoms with E-state index in [0.717, 1.165) is 32.1 Å². The summed E-state index contributed by atoms with van der Waals surface area (Å²) in [6.07, 6.45) is -22.0. The van der Waals surface area contributed by atoms with Gasteiger partial charge in [0.05, 0.1) is 44.7 Å². The maximum atomic E-state index is 12.1. The van der Waals surface area contributed by atoms with Crippen LogP contribution in [0.3, 0.4) is 0 Å². The fourth-order valence-corrected chi connectivity index (χ4v) is 15.0. The molecule has 9 aliphatic rings. The molecule has 0 bridgehead atoms. The van der Waals surface area contributed by atoms with Gasteiger partial charge < -0.3 is 114 Å². The van der Waals surface area contributed by atoms with Gasteiger partial charge in [-0.1, -0.05) is 39.3 Å². The van der Waals surface area contributed by atoms with Gasteiger partial charge in [0, 0.05) is 12.3 Å². The Morgan fingerprint density at radius 2 is 1.22 bits per heavy atom. The van der Waals surface area contributed by atoms with Crippen molar-refractivity contribution in [3.8, 4) is 0 Å². The van der Waals surface area contributed by atoms with E-state index in [-0.39, 0.29) is 41.3 Å². The number of aliphatic hydroxyl groups is 14. The van der Waals surface area contributed by atoms with Gasteiger partial charge in [0.25, 0.3) is 0 Å². The lowest BCUT2D eigenvalue weighted by atomic mass is 9.47. The Hall–Kier alpha value is -1.18. The summed E-state index contributed by atoms with van der Waals surface area (Å²) < 4.78 is 53.6. The van der Waals surface area contributed by atoms with Crippen LogP contribution >= 0.6 is 0 Å². The van der Waals surface area contributed by atoms with Crippen LogP contribution < -0.4 is 0 Å². The highest BCUT2D eigenvalue weighted by molar-refractivity contribution is 5.26. The predicted octanol–water partition coefficient (Wildman–Crippen LogP) is -3.01.